The van der Waals surface area contributed by atoms with Gasteiger partial charge in [-0.2, -0.15) is 0 Å². The third-order valence-corrected chi connectivity index (χ3v) is 2.97. The topological polar surface area (TPSA) is 36.9 Å². The van der Waals surface area contributed by atoms with Crippen molar-refractivity contribution in [1.82, 2.24) is 0 Å². The van der Waals surface area contributed by atoms with Crippen molar-refractivity contribution in [3.63, 3.8) is 0 Å². The minimum absolute atomic E-state index is 0.0107. The van der Waals surface area contributed by atoms with Crippen molar-refractivity contribution < 1.29 is 18.9 Å². The molecule has 0 aliphatic carbocycles. The van der Waals surface area contributed by atoms with Crippen LogP contribution in [0.3, 0.4) is 0 Å². The summed E-state index contributed by atoms with van der Waals surface area (Å²) in [5.74, 6) is 0. The zero-order valence-corrected chi connectivity index (χ0v) is 12.4. The maximum Gasteiger partial charge on any atom is 0.115 e. The van der Waals surface area contributed by atoms with Gasteiger partial charge >= 0.3 is 0 Å². The Kier molecular flexibility index (Phi) is 3.76. The number of hydrogen-bond donors (Lipinski definition) is 0. The van der Waals surface area contributed by atoms with Crippen LogP contribution in [-0.4, -0.2) is 48.8 Å². The Morgan fingerprint density at radius 3 is 1.33 bits per heavy atom. The van der Waals surface area contributed by atoms with Crippen molar-refractivity contribution in [3.8, 4) is 0 Å². The van der Waals surface area contributed by atoms with Gasteiger partial charge in [-0.05, 0) is 41.5 Å². The van der Waals surface area contributed by atoms with E-state index in [1.54, 1.807) is 0 Å². The van der Waals surface area contributed by atoms with Gasteiger partial charge in [0, 0.05) is 0 Å². The first-order valence-electron chi connectivity index (χ1n) is 6.74. The van der Waals surface area contributed by atoms with E-state index in [1.807, 2.05) is 0 Å². The summed E-state index contributed by atoms with van der Waals surface area (Å²) in [7, 11) is 0. The lowest BCUT2D eigenvalue weighted by Gasteiger charge is -2.27. The lowest BCUT2D eigenvalue weighted by Crippen LogP contribution is -2.39. The molecular weight excluding hydrogens is 232 g/mol. The normalized spacial score (nSPS) is 37.0. The minimum Gasteiger partial charge on any atom is -0.370 e. The highest BCUT2D eigenvalue weighted by molar-refractivity contribution is 4.97. The van der Waals surface area contributed by atoms with E-state index in [0.717, 1.165) is 0 Å². The smallest absolute Gasteiger partial charge is 0.115 e. The maximum atomic E-state index is 5.99. The number of ether oxygens (including phenoxy) is 4. The molecule has 0 unspecified atom stereocenters. The van der Waals surface area contributed by atoms with Crippen molar-refractivity contribution in [2.24, 2.45) is 0 Å². The Morgan fingerprint density at radius 1 is 0.722 bits per heavy atom. The highest BCUT2D eigenvalue weighted by Gasteiger charge is 2.50. The third-order valence-electron chi connectivity index (χ3n) is 2.97. The largest absolute Gasteiger partial charge is 0.370 e. The molecule has 0 saturated carbocycles. The predicted octanol–water partition coefficient (Wildman–Crippen LogP) is 2.15. The number of hydrogen-bond acceptors (Lipinski definition) is 4. The Balaban J connectivity index is 1.95. The van der Waals surface area contributed by atoms with Crippen LogP contribution >= 0.6 is 0 Å². The summed E-state index contributed by atoms with van der Waals surface area (Å²) in [5, 5.41) is 0. The molecule has 0 N–H and O–H groups in total. The quantitative estimate of drug-likeness (QED) is 0.760. The van der Waals surface area contributed by atoms with E-state index in [4.69, 9.17) is 18.9 Å². The van der Waals surface area contributed by atoms with Crippen LogP contribution in [0.25, 0.3) is 0 Å². The van der Waals surface area contributed by atoms with E-state index >= 15 is 0 Å². The predicted molar refractivity (Wildman–Crippen MR) is 68.7 cm³/mol. The van der Waals surface area contributed by atoms with Crippen molar-refractivity contribution in [1.29, 1.82) is 0 Å². The molecule has 2 aliphatic rings. The molecule has 2 heterocycles. The van der Waals surface area contributed by atoms with Crippen LogP contribution in [0.15, 0.2) is 0 Å². The summed E-state index contributed by atoms with van der Waals surface area (Å²) in [6.45, 7) is 13.5. The zero-order valence-electron chi connectivity index (χ0n) is 12.4. The first-order chi connectivity index (χ1) is 8.16. The van der Waals surface area contributed by atoms with Crippen molar-refractivity contribution in [2.75, 3.05) is 13.2 Å². The van der Waals surface area contributed by atoms with Crippen LogP contribution in [-0.2, 0) is 18.9 Å². The highest BCUT2D eigenvalue weighted by atomic mass is 16.6. The van der Waals surface area contributed by atoms with Gasteiger partial charge in [-0.15, -0.1) is 0 Å². The molecule has 0 spiro atoms. The van der Waals surface area contributed by atoms with Gasteiger partial charge in [0.15, 0.2) is 0 Å². The van der Waals surface area contributed by atoms with Crippen LogP contribution in [0.5, 0.6) is 0 Å². The lowest BCUT2D eigenvalue weighted by atomic mass is 10.1. The first-order valence-corrected chi connectivity index (χ1v) is 6.74. The first kappa shape index (κ1) is 14.3. The molecule has 2 aliphatic heterocycles. The molecule has 4 nitrogen and oxygen atoms in total. The van der Waals surface area contributed by atoms with Crippen LogP contribution in [0.2, 0.25) is 0 Å². The van der Waals surface area contributed by atoms with Crippen LogP contribution < -0.4 is 0 Å². The summed E-state index contributed by atoms with van der Waals surface area (Å²) in [6, 6.07) is 0. The molecule has 0 aromatic carbocycles. The van der Waals surface area contributed by atoms with Crippen molar-refractivity contribution in [2.45, 2.75) is 77.2 Å². The van der Waals surface area contributed by atoms with Gasteiger partial charge in [0.2, 0.25) is 0 Å². The van der Waals surface area contributed by atoms with E-state index in [9.17, 15) is 0 Å². The standard InChI is InChI=1S/C14H26O4/c1-13(2,3)17-9-7-15-12-10(8-16-11(9)12)18-14(4,5)6/h9-12H,7-8H2,1-6H3/t9-,10-,11-,12-/m1/s1. The number of fused-ring (bicyclic) bond motifs is 1. The summed E-state index contributed by atoms with van der Waals surface area (Å²) < 4.78 is 23.6. The van der Waals surface area contributed by atoms with Gasteiger partial charge in [-0.3, -0.25) is 0 Å². The molecule has 4 atom stereocenters. The third kappa shape index (κ3) is 3.44. The summed E-state index contributed by atoms with van der Waals surface area (Å²) in [4.78, 5) is 0. The molecule has 0 radical (unpaired) electrons. The second kappa shape index (κ2) is 4.75. The lowest BCUT2D eigenvalue weighted by molar-refractivity contribution is -0.117. The highest BCUT2D eigenvalue weighted by Crippen LogP contribution is 2.33. The molecule has 0 bridgehead atoms. The van der Waals surface area contributed by atoms with Gasteiger partial charge < -0.3 is 18.9 Å². The molecule has 4 heteroatoms. The minimum atomic E-state index is -0.171. The molecule has 18 heavy (non-hydrogen) atoms. The molecule has 106 valence electrons. The molecule has 0 amide bonds. The van der Waals surface area contributed by atoms with E-state index in [0.29, 0.717) is 13.2 Å². The molecular formula is C14H26O4. The zero-order chi connectivity index (χ0) is 13.6. The molecule has 2 saturated heterocycles. The van der Waals surface area contributed by atoms with Crippen molar-refractivity contribution in [3.05, 3.63) is 0 Å². The van der Waals surface area contributed by atoms with E-state index < -0.39 is 0 Å². The summed E-state index contributed by atoms with van der Waals surface area (Å²) in [6.07, 6.45) is 0.0558. The molecule has 2 rings (SSSR count). The number of rotatable bonds is 2. The fraction of sp³-hybridized carbons (Fsp3) is 1.00. The molecule has 0 aromatic heterocycles. The van der Waals surface area contributed by atoms with E-state index in [1.165, 1.54) is 0 Å². The average Bonchev–Trinajstić information content (AvgIpc) is 2.66. The molecule has 0 aromatic rings. The van der Waals surface area contributed by atoms with Crippen LogP contribution in [0.4, 0.5) is 0 Å². The van der Waals surface area contributed by atoms with Gasteiger partial charge in [-0.1, -0.05) is 0 Å². The maximum absolute atomic E-state index is 5.99. The second-order valence-corrected chi connectivity index (χ2v) is 7.13. The van der Waals surface area contributed by atoms with Gasteiger partial charge in [0.25, 0.3) is 0 Å². The Hall–Kier alpha value is -0.160. The van der Waals surface area contributed by atoms with Gasteiger partial charge in [0.1, 0.15) is 24.4 Å². The Labute approximate surface area is 110 Å². The second-order valence-electron chi connectivity index (χ2n) is 7.13. The Bertz CT molecular complexity index is 259. The fourth-order valence-electron chi connectivity index (χ4n) is 2.54. The summed E-state index contributed by atoms with van der Waals surface area (Å²) >= 11 is 0. The van der Waals surface area contributed by atoms with Crippen molar-refractivity contribution >= 4 is 0 Å². The van der Waals surface area contributed by atoms with E-state index in [2.05, 4.69) is 41.5 Å². The average molecular weight is 258 g/mol. The monoisotopic (exact) mass is 258 g/mol. The molecule has 2 fully saturated rings. The SMILES string of the molecule is CC(C)(C)O[C@@H]1CO[C@H]2[C@@H]1OC[C@H]2OC(C)(C)C. The van der Waals surface area contributed by atoms with Gasteiger partial charge in [0.05, 0.1) is 24.4 Å². The summed E-state index contributed by atoms with van der Waals surface area (Å²) in [5.41, 5.74) is -0.343. The Morgan fingerprint density at radius 2 is 1.06 bits per heavy atom. The fourth-order valence-corrected chi connectivity index (χ4v) is 2.54. The van der Waals surface area contributed by atoms with E-state index in [-0.39, 0.29) is 35.6 Å². The van der Waals surface area contributed by atoms with Crippen LogP contribution in [0.1, 0.15) is 41.5 Å². The van der Waals surface area contributed by atoms with Gasteiger partial charge in [-0.25, -0.2) is 0 Å². The van der Waals surface area contributed by atoms with Crippen LogP contribution in [0, 0.1) is 0 Å².